The van der Waals surface area contributed by atoms with Crippen LogP contribution in [0, 0.1) is 0 Å². The Morgan fingerprint density at radius 1 is 0.846 bits per heavy atom. The number of aromatic hydroxyl groups is 3. The van der Waals surface area contributed by atoms with E-state index in [1.165, 1.54) is 0 Å². The fourth-order valence-corrected chi connectivity index (χ4v) is 2.31. The van der Waals surface area contributed by atoms with Gasteiger partial charge in [0.1, 0.15) is 0 Å². The Morgan fingerprint density at radius 3 is 1.77 bits per heavy atom. The summed E-state index contributed by atoms with van der Waals surface area (Å²) in [6.07, 6.45) is 0. The molecule has 0 aliphatic rings. The van der Waals surface area contributed by atoms with Crippen molar-refractivity contribution in [3.05, 3.63) is 53.1 Å². The normalized spacial score (nSPS) is 10.6. The summed E-state index contributed by atoms with van der Waals surface area (Å²) in [5, 5.41) is 33.3. The average molecular weight is 358 g/mol. The lowest BCUT2D eigenvalue weighted by Gasteiger charge is -2.09. The first-order chi connectivity index (χ1) is 12.3. The summed E-state index contributed by atoms with van der Waals surface area (Å²) in [7, 11) is 0. The Labute approximate surface area is 151 Å². The molecule has 0 saturated carbocycles. The molecule has 2 aromatic carbocycles. The molecule has 26 heavy (non-hydrogen) atoms. The lowest BCUT2D eigenvalue weighted by atomic mass is 10.0. The third kappa shape index (κ3) is 4.66. The highest BCUT2D eigenvalue weighted by atomic mass is 16.3. The van der Waals surface area contributed by atoms with Gasteiger partial charge in [-0.15, -0.1) is 0 Å². The summed E-state index contributed by atoms with van der Waals surface area (Å²) in [6.45, 7) is 4.53. The number of phenols is 3. The fraction of sp³-hybridized carbons (Fsp3) is 0.263. The van der Waals surface area contributed by atoms with E-state index in [1.54, 1.807) is 12.1 Å². The fourth-order valence-electron chi connectivity index (χ4n) is 2.31. The molecule has 0 fully saturated rings. The van der Waals surface area contributed by atoms with Gasteiger partial charge in [0, 0.05) is 24.2 Å². The molecule has 7 heteroatoms. The van der Waals surface area contributed by atoms with Crippen molar-refractivity contribution in [2.45, 2.75) is 19.8 Å². The number of amides is 2. The van der Waals surface area contributed by atoms with Crippen molar-refractivity contribution in [1.29, 1.82) is 0 Å². The second-order valence-electron chi connectivity index (χ2n) is 6.15. The molecule has 0 aromatic heterocycles. The first-order valence-electron chi connectivity index (χ1n) is 8.21. The van der Waals surface area contributed by atoms with Gasteiger partial charge in [0.25, 0.3) is 11.8 Å². The molecule has 0 unspecified atom stereocenters. The van der Waals surface area contributed by atoms with Crippen LogP contribution in [0.15, 0.2) is 36.4 Å². The summed E-state index contributed by atoms with van der Waals surface area (Å²) >= 11 is 0. The summed E-state index contributed by atoms with van der Waals surface area (Å²) in [6, 6.07) is 9.41. The molecule has 2 aromatic rings. The monoisotopic (exact) mass is 358 g/mol. The maximum atomic E-state index is 12.0. The third-order valence-corrected chi connectivity index (χ3v) is 3.87. The smallest absolute Gasteiger partial charge is 0.251 e. The Bertz CT molecular complexity index is 777. The van der Waals surface area contributed by atoms with Crippen LogP contribution < -0.4 is 10.6 Å². The predicted octanol–water partition coefficient (Wildman–Crippen LogP) is 2.09. The Balaban J connectivity index is 1.82. The highest BCUT2D eigenvalue weighted by Crippen LogP contribution is 2.35. The van der Waals surface area contributed by atoms with Crippen LogP contribution in [0.5, 0.6) is 17.2 Å². The first-order valence-corrected chi connectivity index (χ1v) is 8.21. The van der Waals surface area contributed by atoms with E-state index in [0.29, 0.717) is 11.5 Å². The molecular formula is C19H22N2O5. The lowest BCUT2D eigenvalue weighted by Crippen LogP contribution is -2.34. The molecule has 7 nitrogen and oxygen atoms in total. The molecule has 5 N–H and O–H groups in total. The number of benzene rings is 2. The average Bonchev–Trinajstić information content (AvgIpc) is 2.62. The molecule has 0 bridgehead atoms. The first kappa shape index (κ1) is 19.1. The van der Waals surface area contributed by atoms with Crippen molar-refractivity contribution in [2.75, 3.05) is 13.1 Å². The van der Waals surface area contributed by atoms with Gasteiger partial charge in [0.15, 0.2) is 17.2 Å². The van der Waals surface area contributed by atoms with E-state index in [4.69, 9.17) is 0 Å². The van der Waals surface area contributed by atoms with E-state index >= 15 is 0 Å². The largest absolute Gasteiger partial charge is 0.504 e. The number of phenolic OH excluding ortho intramolecular Hbond substituents is 3. The molecule has 0 spiro atoms. The molecule has 0 atom stereocenters. The van der Waals surface area contributed by atoms with Crippen LogP contribution in [-0.2, 0) is 0 Å². The van der Waals surface area contributed by atoms with Gasteiger partial charge in [-0.25, -0.2) is 0 Å². The van der Waals surface area contributed by atoms with Crippen LogP contribution >= 0.6 is 0 Å². The standard InChI is InChI=1S/C19H22N2O5/c1-11(2)12-3-5-13(6-4-12)18(25)20-7-8-21-19(26)14-9-15(22)17(24)16(23)10-14/h3-6,9-11,22-24H,7-8H2,1-2H3,(H,20,25)(H,21,26). The van der Waals surface area contributed by atoms with Gasteiger partial charge < -0.3 is 26.0 Å². The lowest BCUT2D eigenvalue weighted by molar-refractivity contribution is 0.0927. The number of rotatable bonds is 6. The zero-order valence-electron chi connectivity index (χ0n) is 14.6. The molecular weight excluding hydrogens is 336 g/mol. The minimum Gasteiger partial charge on any atom is -0.504 e. The van der Waals surface area contributed by atoms with Gasteiger partial charge in [-0.2, -0.15) is 0 Å². The predicted molar refractivity (Wildman–Crippen MR) is 96.6 cm³/mol. The number of nitrogens with one attached hydrogen (secondary N) is 2. The van der Waals surface area contributed by atoms with Gasteiger partial charge >= 0.3 is 0 Å². The molecule has 2 rings (SSSR count). The summed E-state index contributed by atoms with van der Waals surface area (Å²) < 4.78 is 0. The van der Waals surface area contributed by atoms with Crippen molar-refractivity contribution in [3.8, 4) is 17.2 Å². The van der Waals surface area contributed by atoms with Gasteiger partial charge in [-0.3, -0.25) is 9.59 Å². The molecule has 138 valence electrons. The van der Waals surface area contributed by atoms with Crippen LogP contribution in [0.3, 0.4) is 0 Å². The second kappa shape index (κ2) is 8.24. The van der Waals surface area contributed by atoms with Crippen LogP contribution in [0.25, 0.3) is 0 Å². The minimum absolute atomic E-state index is 0.00611. The van der Waals surface area contributed by atoms with E-state index in [2.05, 4.69) is 24.5 Å². The van der Waals surface area contributed by atoms with Crippen molar-refractivity contribution >= 4 is 11.8 Å². The number of carbonyl (C=O) groups excluding carboxylic acids is 2. The second-order valence-corrected chi connectivity index (χ2v) is 6.15. The summed E-state index contributed by atoms with van der Waals surface area (Å²) in [4.78, 5) is 24.0. The van der Waals surface area contributed by atoms with Crippen LogP contribution in [-0.4, -0.2) is 40.2 Å². The Hall–Kier alpha value is -3.22. The van der Waals surface area contributed by atoms with Crippen LogP contribution in [0.4, 0.5) is 0 Å². The zero-order valence-corrected chi connectivity index (χ0v) is 14.6. The van der Waals surface area contributed by atoms with Crippen LogP contribution in [0.1, 0.15) is 46.0 Å². The summed E-state index contributed by atoms with van der Waals surface area (Å²) in [5.41, 5.74) is 1.68. The third-order valence-electron chi connectivity index (χ3n) is 3.87. The Kier molecular flexibility index (Phi) is 6.06. The zero-order chi connectivity index (χ0) is 19.3. The quantitative estimate of drug-likeness (QED) is 0.400. The van der Waals surface area contributed by atoms with Gasteiger partial charge in [0.2, 0.25) is 0 Å². The van der Waals surface area contributed by atoms with Crippen LogP contribution in [0.2, 0.25) is 0 Å². The van der Waals surface area contributed by atoms with E-state index in [0.717, 1.165) is 17.7 Å². The number of hydrogen-bond donors (Lipinski definition) is 5. The minimum atomic E-state index is -0.683. The van der Waals surface area contributed by atoms with Gasteiger partial charge in [0.05, 0.1) is 0 Å². The van der Waals surface area contributed by atoms with Crippen molar-refractivity contribution in [2.24, 2.45) is 0 Å². The molecule has 2 amide bonds. The maximum absolute atomic E-state index is 12.0. The van der Waals surface area contributed by atoms with Crippen molar-refractivity contribution in [1.82, 2.24) is 10.6 Å². The maximum Gasteiger partial charge on any atom is 0.251 e. The SMILES string of the molecule is CC(C)c1ccc(C(=O)NCCNC(=O)c2cc(O)c(O)c(O)c2)cc1. The van der Waals surface area contributed by atoms with Crippen molar-refractivity contribution < 1.29 is 24.9 Å². The van der Waals surface area contributed by atoms with E-state index in [9.17, 15) is 24.9 Å². The number of carbonyl (C=O) groups is 2. The number of hydrogen-bond acceptors (Lipinski definition) is 5. The molecule has 0 saturated heterocycles. The van der Waals surface area contributed by atoms with E-state index < -0.39 is 23.2 Å². The molecule has 0 heterocycles. The van der Waals surface area contributed by atoms with E-state index in [1.807, 2.05) is 12.1 Å². The van der Waals surface area contributed by atoms with Gasteiger partial charge in [-0.05, 0) is 35.7 Å². The topological polar surface area (TPSA) is 119 Å². The molecule has 0 radical (unpaired) electrons. The van der Waals surface area contributed by atoms with Crippen molar-refractivity contribution in [3.63, 3.8) is 0 Å². The molecule has 0 aliphatic carbocycles. The highest BCUT2D eigenvalue weighted by Gasteiger charge is 2.13. The highest BCUT2D eigenvalue weighted by molar-refractivity contribution is 5.96. The van der Waals surface area contributed by atoms with Gasteiger partial charge in [-0.1, -0.05) is 26.0 Å². The molecule has 0 aliphatic heterocycles. The summed E-state index contributed by atoms with van der Waals surface area (Å²) in [5.74, 6) is -2.26. The van der Waals surface area contributed by atoms with E-state index in [-0.39, 0.29) is 24.6 Å². The Morgan fingerprint density at radius 2 is 1.31 bits per heavy atom.